The molecule has 2 amide bonds. The monoisotopic (exact) mass is 453 g/mol. The Balaban J connectivity index is 2.78. The van der Waals surface area contributed by atoms with Gasteiger partial charge in [-0.1, -0.05) is 24.6 Å². The molecule has 1 aromatic carbocycles. The first-order valence-electron chi connectivity index (χ1n) is 11.3. The van der Waals surface area contributed by atoms with Crippen molar-refractivity contribution >= 4 is 29.1 Å². The highest BCUT2D eigenvalue weighted by atomic mass is 35.5. The second-order valence-corrected chi connectivity index (χ2v) is 9.56. The Morgan fingerprint density at radius 2 is 1.71 bits per heavy atom. The van der Waals surface area contributed by atoms with Crippen LogP contribution in [0.3, 0.4) is 0 Å². The molecule has 7 heteroatoms. The highest BCUT2D eigenvalue weighted by Gasteiger charge is 2.26. The number of nitrogens with zero attached hydrogens (tertiary/aromatic N) is 3. The van der Waals surface area contributed by atoms with E-state index >= 15 is 0 Å². The van der Waals surface area contributed by atoms with Gasteiger partial charge in [0.05, 0.1) is 43.9 Å². The fourth-order valence-electron chi connectivity index (χ4n) is 3.84. The summed E-state index contributed by atoms with van der Waals surface area (Å²) in [7, 11) is 5.99. The summed E-state index contributed by atoms with van der Waals surface area (Å²) in [6.45, 7) is 9.89. The predicted molar refractivity (Wildman–Crippen MR) is 130 cm³/mol. The predicted octanol–water partition coefficient (Wildman–Crippen LogP) is 3.67. The van der Waals surface area contributed by atoms with Gasteiger partial charge in [0.15, 0.2) is 0 Å². The first-order valence-corrected chi connectivity index (χ1v) is 11.7. The minimum absolute atomic E-state index is 0.0927. The SMILES string of the molecule is CCC(CCc1ccc(N)c(Cl)c1)C[N+](C)(CCCN(C)C(C)=O)CCN(C)C(C)=O. The molecule has 0 aliphatic heterocycles. The zero-order valence-corrected chi connectivity index (χ0v) is 21.0. The Bertz CT molecular complexity index is 728. The third-order valence-electron chi connectivity index (χ3n) is 6.42. The topological polar surface area (TPSA) is 66.6 Å². The molecule has 1 rings (SSSR count). The Morgan fingerprint density at radius 3 is 2.26 bits per heavy atom. The minimum Gasteiger partial charge on any atom is -0.398 e. The van der Waals surface area contributed by atoms with Crippen molar-refractivity contribution in [3.05, 3.63) is 28.8 Å². The number of carbonyl (C=O) groups excluding carboxylic acids is 2. The third kappa shape index (κ3) is 9.92. The molecule has 0 spiro atoms. The van der Waals surface area contributed by atoms with Crippen LogP contribution in [0.4, 0.5) is 5.69 Å². The first kappa shape index (κ1) is 27.2. The number of nitrogen functional groups attached to an aromatic ring is 1. The lowest BCUT2D eigenvalue weighted by Crippen LogP contribution is -2.52. The number of rotatable bonds is 13. The van der Waals surface area contributed by atoms with Crippen LogP contribution in [0.15, 0.2) is 18.2 Å². The molecule has 176 valence electrons. The molecule has 0 aliphatic rings. The summed E-state index contributed by atoms with van der Waals surface area (Å²) < 4.78 is 0.893. The van der Waals surface area contributed by atoms with Gasteiger partial charge in [0, 0.05) is 46.8 Å². The van der Waals surface area contributed by atoms with Gasteiger partial charge in [0.2, 0.25) is 11.8 Å². The zero-order chi connectivity index (χ0) is 23.6. The number of aryl methyl sites for hydroxylation is 1. The van der Waals surface area contributed by atoms with Crippen LogP contribution in [0.2, 0.25) is 5.02 Å². The molecule has 0 heterocycles. The second kappa shape index (κ2) is 12.9. The largest absolute Gasteiger partial charge is 0.398 e. The molecule has 2 atom stereocenters. The van der Waals surface area contributed by atoms with Gasteiger partial charge >= 0.3 is 0 Å². The van der Waals surface area contributed by atoms with Gasteiger partial charge in [-0.2, -0.15) is 0 Å². The lowest BCUT2D eigenvalue weighted by Gasteiger charge is -2.39. The number of quaternary nitrogens is 1. The van der Waals surface area contributed by atoms with Gasteiger partial charge in [0.25, 0.3) is 0 Å². The van der Waals surface area contributed by atoms with Gasteiger partial charge < -0.3 is 20.0 Å². The van der Waals surface area contributed by atoms with E-state index in [1.807, 2.05) is 26.2 Å². The van der Waals surface area contributed by atoms with Crippen molar-refractivity contribution in [3.63, 3.8) is 0 Å². The van der Waals surface area contributed by atoms with Crippen molar-refractivity contribution < 1.29 is 14.1 Å². The standard InChI is InChI=1S/C24H42ClN4O2/c1-7-21(9-10-22-11-12-24(26)23(25)17-22)18-29(6,16-14-28(5)20(3)31)15-8-13-27(4)19(2)30/h11-12,17,21H,7-10,13-16,18,26H2,1-6H3/q+1. The molecule has 0 saturated carbocycles. The third-order valence-corrected chi connectivity index (χ3v) is 6.75. The van der Waals surface area contributed by atoms with E-state index in [1.54, 1.807) is 23.6 Å². The molecule has 6 nitrogen and oxygen atoms in total. The molecule has 2 N–H and O–H groups in total. The number of amides is 2. The molecule has 0 aliphatic carbocycles. The number of hydrogen-bond acceptors (Lipinski definition) is 3. The smallest absolute Gasteiger partial charge is 0.219 e. The maximum atomic E-state index is 11.7. The van der Waals surface area contributed by atoms with E-state index < -0.39 is 0 Å². The Kier molecular flexibility index (Phi) is 11.4. The minimum atomic E-state index is 0.0927. The van der Waals surface area contributed by atoms with E-state index in [2.05, 4.69) is 20.0 Å². The summed E-state index contributed by atoms with van der Waals surface area (Å²) in [5.74, 6) is 0.753. The number of likely N-dealkylation sites (N-methyl/N-ethyl adjacent to an activating group) is 2. The van der Waals surface area contributed by atoms with E-state index in [1.165, 1.54) is 5.56 Å². The van der Waals surface area contributed by atoms with Crippen molar-refractivity contribution in [2.24, 2.45) is 5.92 Å². The van der Waals surface area contributed by atoms with Gasteiger partial charge in [-0.25, -0.2) is 0 Å². The van der Waals surface area contributed by atoms with Crippen molar-refractivity contribution in [1.82, 2.24) is 9.80 Å². The summed E-state index contributed by atoms with van der Waals surface area (Å²) >= 11 is 6.18. The van der Waals surface area contributed by atoms with E-state index in [4.69, 9.17) is 17.3 Å². The zero-order valence-electron chi connectivity index (χ0n) is 20.3. The fourth-order valence-corrected chi connectivity index (χ4v) is 4.04. The maximum absolute atomic E-state index is 11.7. The number of halogens is 1. The summed E-state index contributed by atoms with van der Waals surface area (Å²) in [6, 6.07) is 5.90. The molecule has 31 heavy (non-hydrogen) atoms. The molecule has 1 aromatic rings. The number of benzene rings is 1. The lowest BCUT2D eigenvalue weighted by molar-refractivity contribution is -0.912. The van der Waals surface area contributed by atoms with Crippen LogP contribution in [-0.2, 0) is 16.0 Å². The molecule has 0 radical (unpaired) electrons. The average molecular weight is 454 g/mol. The van der Waals surface area contributed by atoms with Crippen LogP contribution >= 0.6 is 11.6 Å². The molecular weight excluding hydrogens is 412 g/mol. The Morgan fingerprint density at radius 1 is 1.10 bits per heavy atom. The van der Waals surface area contributed by atoms with E-state index in [9.17, 15) is 9.59 Å². The van der Waals surface area contributed by atoms with Gasteiger partial charge in [-0.05, 0) is 37.0 Å². The van der Waals surface area contributed by atoms with Crippen molar-refractivity contribution in [1.29, 1.82) is 0 Å². The molecular formula is C24H42ClN4O2+. The average Bonchev–Trinajstić information content (AvgIpc) is 2.71. The van der Waals surface area contributed by atoms with Crippen LogP contribution in [-0.4, -0.2) is 80.0 Å². The quantitative estimate of drug-likeness (QED) is 0.366. The van der Waals surface area contributed by atoms with Gasteiger partial charge in [-0.15, -0.1) is 0 Å². The van der Waals surface area contributed by atoms with Crippen molar-refractivity contribution in [3.8, 4) is 0 Å². The van der Waals surface area contributed by atoms with E-state index in [-0.39, 0.29) is 11.8 Å². The first-order chi connectivity index (χ1) is 14.5. The van der Waals surface area contributed by atoms with Crippen LogP contribution in [0.1, 0.15) is 45.6 Å². The number of carbonyl (C=O) groups is 2. The summed E-state index contributed by atoms with van der Waals surface area (Å²) in [5.41, 5.74) is 7.66. The lowest BCUT2D eigenvalue weighted by atomic mass is 9.95. The number of hydrogen-bond donors (Lipinski definition) is 1. The van der Waals surface area contributed by atoms with Crippen LogP contribution in [0.25, 0.3) is 0 Å². The van der Waals surface area contributed by atoms with Crippen LogP contribution < -0.4 is 5.73 Å². The van der Waals surface area contributed by atoms with Gasteiger partial charge in [0.1, 0.15) is 0 Å². The molecule has 0 fully saturated rings. The molecule has 0 aromatic heterocycles. The maximum Gasteiger partial charge on any atom is 0.219 e. The Labute approximate surface area is 193 Å². The highest BCUT2D eigenvalue weighted by Crippen LogP contribution is 2.23. The summed E-state index contributed by atoms with van der Waals surface area (Å²) in [6.07, 6.45) is 4.10. The van der Waals surface area contributed by atoms with Crippen LogP contribution in [0.5, 0.6) is 0 Å². The number of anilines is 1. The number of nitrogens with two attached hydrogens (primary N) is 1. The molecule has 0 saturated heterocycles. The van der Waals surface area contributed by atoms with E-state index in [0.717, 1.165) is 62.9 Å². The Hall–Kier alpha value is -1.79. The van der Waals surface area contributed by atoms with Gasteiger partial charge in [-0.3, -0.25) is 9.59 Å². The van der Waals surface area contributed by atoms with Crippen molar-refractivity contribution in [2.75, 3.05) is 59.6 Å². The fraction of sp³-hybridized carbons (Fsp3) is 0.667. The molecule has 0 bridgehead atoms. The summed E-state index contributed by atoms with van der Waals surface area (Å²) in [5, 5.41) is 0.619. The van der Waals surface area contributed by atoms with Crippen LogP contribution in [0, 0.1) is 5.92 Å². The van der Waals surface area contributed by atoms with E-state index in [0.29, 0.717) is 16.6 Å². The molecule has 2 unspecified atom stereocenters. The van der Waals surface area contributed by atoms with Crippen molar-refractivity contribution in [2.45, 2.75) is 46.5 Å². The highest BCUT2D eigenvalue weighted by molar-refractivity contribution is 6.33. The second-order valence-electron chi connectivity index (χ2n) is 9.15. The normalized spacial score (nSPS) is 14.0. The summed E-state index contributed by atoms with van der Waals surface area (Å²) in [4.78, 5) is 26.8.